The number of halogens is 2. The predicted molar refractivity (Wildman–Crippen MR) is 52.1 cm³/mol. The second-order valence-electron chi connectivity index (χ2n) is 2.36. The van der Waals surface area contributed by atoms with Crippen molar-refractivity contribution in [3.8, 4) is 0 Å². The molecule has 0 saturated heterocycles. The Labute approximate surface area is 83.8 Å². The molecular weight excluding hydrogens is 241 g/mol. The molecule has 12 heavy (non-hydrogen) atoms. The van der Waals surface area contributed by atoms with Crippen molar-refractivity contribution in [2.75, 3.05) is 0 Å². The van der Waals surface area contributed by atoms with E-state index in [0.717, 1.165) is 10.0 Å². The average molecular weight is 249 g/mol. The van der Waals surface area contributed by atoms with Crippen molar-refractivity contribution in [2.45, 2.75) is 6.42 Å². The normalized spacial score (nSPS) is 9.83. The van der Waals surface area contributed by atoms with Gasteiger partial charge in [0.25, 0.3) is 0 Å². The molecule has 0 fully saturated rings. The molecule has 0 bridgehead atoms. The van der Waals surface area contributed by atoms with Crippen LogP contribution in [-0.2, 0) is 11.2 Å². The number of carbonyl (C=O) groups is 1. The number of amides is 1. The van der Waals surface area contributed by atoms with Gasteiger partial charge in [-0.1, -0.05) is 23.7 Å². The lowest BCUT2D eigenvalue weighted by molar-refractivity contribution is -0.117. The van der Waals surface area contributed by atoms with E-state index < -0.39 is 0 Å². The zero-order valence-electron chi connectivity index (χ0n) is 6.18. The Morgan fingerprint density at radius 2 is 2.25 bits per heavy atom. The molecule has 1 rings (SSSR count). The zero-order valence-corrected chi connectivity index (χ0v) is 8.52. The lowest BCUT2D eigenvalue weighted by Gasteiger charge is -2.02. The van der Waals surface area contributed by atoms with Crippen LogP contribution in [0.2, 0.25) is 5.02 Å². The molecule has 0 atom stereocenters. The number of primary amides is 1. The monoisotopic (exact) mass is 247 g/mol. The van der Waals surface area contributed by atoms with Gasteiger partial charge in [-0.3, -0.25) is 4.79 Å². The van der Waals surface area contributed by atoms with Gasteiger partial charge in [0.2, 0.25) is 5.91 Å². The minimum absolute atomic E-state index is 0.209. The number of carbonyl (C=O) groups excluding carboxylic acids is 1. The minimum atomic E-state index is -0.363. The van der Waals surface area contributed by atoms with Crippen LogP contribution in [0.1, 0.15) is 5.56 Å². The summed E-state index contributed by atoms with van der Waals surface area (Å²) in [6, 6.07) is 5.34. The first-order valence-electron chi connectivity index (χ1n) is 3.32. The van der Waals surface area contributed by atoms with Gasteiger partial charge in [-0.15, -0.1) is 0 Å². The van der Waals surface area contributed by atoms with Crippen LogP contribution >= 0.6 is 27.5 Å². The quantitative estimate of drug-likeness (QED) is 0.856. The van der Waals surface area contributed by atoms with Crippen LogP contribution in [0.25, 0.3) is 0 Å². The standard InChI is InChI=1S/C8H7BrClNO/c9-8-5(4-7(11)12)2-1-3-6(8)10/h1-3H,4H2,(H2,11,12). The van der Waals surface area contributed by atoms with Gasteiger partial charge in [-0.25, -0.2) is 0 Å². The molecule has 0 saturated carbocycles. The summed E-state index contributed by atoms with van der Waals surface area (Å²) in [6.07, 6.45) is 0.209. The summed E-state index contributed by atoms with van der Waals surface area (Å²) in [5, 5.41) is 0.591. The molecule has 2 N–H and O–H groups in total. The fourth-order valence-corrected chi connectivity index (χ4v) is 1.47. The third-order valence-electron chi connectivity index (χ3n) is 1.40. The Kier molecular flexibility index (Phi) is 3.12. The molecule has 0 unspecified atom stereocenters. The van der Waals surface area contributed by atoms with Crippen molar-refractivity contribution in [1.82, 2.24) is 0 Å². The number of nitrogens with two attached hydrogens (primary N) is 1. The lowest BCUT2D eigenvalue weighted by atomic mass is 10.1. The molecule has 4 heteroatoms. The first kappa shape index (κ1) is 9.55. The number of hydrogen-bond acceptors (Lipinski definition) is 1. The summed E-state index contributed by atoms with van der Waals surface area (Å²) < 4.78 is 0.741. The molecule has 1 aromatic carbocycles. The van der Waals surface area contributed by atoms with Crippen LogP contribution in [0.5, 0.6) is 0 Å². The van der Waals surface area contributed by atoms with E-state index >= 15 is 0 Å². The molecule has 0 aliphatic carbocycles. The zero-order chi connectivity index (χ0) is 9.14. The smallest absolute Gasteiger partial charge is 0.221 e. The average Bonchev–Trinajstić information content (AvgIpc) is 1.98. The van der Waals surface area contributed by atoms with E-state index in [1.165, 1.54) is 0 Å². The molecule has 0 heterocycles. The number of benzene rings is 1. The Hall–Kier alpha value is -0.540. The van der Waals surface area contributed by atoms with Crippen molar-refractivity contribution in [3.05, 3.63) is 33.3 Å². The molecule has 0 aliphatic heterocycles. The van der Waals surface area contributed by atoms with Gasteiger partial charge in [0.1, 0.15) is 0 Å². The van der Waals surface area contributed by atoms with Crippen molar-refractivity contribution in [3.63, 3.8) is 0 Å². The highest BCUT2D eigenvalue weighted by Crippen LogP contribution is 2.26. The summed E-state index contributed by atoms with van der Waals surface area (Å²) in [5.74, 6) is -0.363. The van der Waals surface area contributed by atoms with Gasteiger partial charge in [-0.2, -0.15) is 0 Å². The number of hydrogen-bond donors (Lipinski definition) is 1. The van der Waals surface area contributed by atoms with Crippen molar-refractivity contribution >= 4 is 33.4 Å². The van der Waals surface area contributed by atoms with Gasteiger partial charge in [-0.05, 0) is 27.6 Å². The minimum Gasteiger partial charge on any atom is -0.369 e. The highest BCUT2D eigenvalue weighted by Gasteiger charge is 2.05. The van der Waals surface area contributed by atoms with Crippen molar-refractivity contribution < 1.29 is 4.79 Å². The Morgan fingerprint density at radius 1 is 1.58 bits per heavy atom. The summed E-state index contributed by atoms with van der Waals surface area (Å²) in [5.41, 5.74) is 5.86. The molecule has 1 amide bonds. The predicted octanol–water partition coefficient (Wildman–Crippen LogP) is 2.13. The van der Waals surface area contributed by atoms with Crippen LogP contribution < -0.4 is 5.73 Å². The van der Waals surface area contributed by atoms with Crippen LogP contribution in [0.4, 0.5) is 0 Å². The SMILES string of the molecule is NC(=O)Cc1cccc(Cl)c1Br. The van der Waals surface area contributed by atoms with E-state index in [9.17, 15) is 4.79 Å². The van der Waals surface area contributed by atoms with E-state index in [4.69, 9.17) is 17.3 Å². The maximum absolute atomic E-state index is 10.6. The van der Waals surface area contributed by atoms with E-state index in [2.05, 4.69) is 15.9 Å². The first-order valence-corrected chi connectivity index (χ1v) is 4.49. The van der Waals surface area contributed by atoms with Gasteiger partial charge in [0, 0.05) is 4.47 Å². The fraction of sp³-hybridized carbons (Fsp3) is 0.125. The van der Waals surface area contributed by atoms with E-state index in [1.54, 1.807) is 18.2 Å². The van der Waals surface area contributed by atoms with Crippen LogP contribution in [0.3, 0.4) is 0 Å². The maximum atomic E-state index is 10.6. The van der Waals surface area contributed by atoms with Gasteiger partial charge in [0.05, 0.1) is 11.4 Å². The molecule has 0 radical (unpaired) electrons. The lowest BCUT2D eigenvalue weighted by Crippen LogP contribution is -2.13. The Bertz CT molecular complexity index is 314. The molecule has 64 valence electrons. The topological polar surface area (TPSA) is 43.1 Å². The first-order chi connectivity index (χ1) is 5.61. The third kappa shape index (κ3) is 2.22. The van der Waals surface area contributed by atoms with Crippen molar-refractivity contribution in [2.24, 2.45) is 5.73 Å². The number of rotatable bonds is 2. The summed E-state index contributed by atoms with van der Waals surface area (Å²) in [7, 11) is 0. The van der Waals surface area contributed by atoms with Crippen LogP contribution in [-0.4, -0.2) is 5.91 Å². The summed E-state index contributed by atoms with van der Waals surface area (Å²) in [4.78, 5) is 10.6. The Balaban J connectivity index is 3.00. The van der Waals surface area contributed by atoms with E-state index in [1.807, 2.05) is 0 Å². The van der Waals surface area contributed by atoms with Gasteiger partial charge in [0.15, 0.2) is 0 Å². The van der Waals surface area contributed by atoms with E-state index in [-0.39, 0.29) is 12.3 Å². The van der Waals surface area contributed by atoms with Crippen LogP contribution in [0, 0.1) is 0 Å². The molecule has 1 aromatic rings. The highest BCUT2D eigenvalue weighted by molar-refractivity contribution is 9.10. The molecular formula is C8H7BrClNO. The van der Waals surface area contributed by atoms with Crippen molar-refractivity contribution in [1.29, 1.82) is 0 Å². The fourth-order valence-electron chi connectivity index (χ4n) is 0.873. The molecule has 0 aliphatic rings. The third-order valence-corrected chi connectivity index (χ3v) is 2.88. The largest absolute Gasteiger partial charge is 0.369 e. The van der Waals surface area contributed by atoms with E-state index in [0.29, 0.717) is 5.02 Å². The van der Waals surface area contributed by atoms with Gasteiger partial charge < -0.3 is 5.73 Å². The Morgan fingerprint density at radius 3 is 2.83 bits per heavy atom. The second kappa shape index (κ2) is 3.92. The van der Waals surface area contributed by atoms with Crippen LogP contribution in [0.15, 0.2) is 22.7 Å². The molecule has 2 nitrogen and oxygen atoms in total. The van der Waals surface area contributed by atoms with Gasteiger partial charge >= 0.3 is 0 Å². The molecule has 0 aromatic heterocycles. The second-order valence-corrected chi connectivity index (χ2v) is 3.56. The maximum Gasteiger partial charge on any atom is 0.221 e. The summed E-state index contributed by atoms with van der Waals surface area (Å²) >= 11 is 9.07. The molecule has 0 spiro atoms. The summed E-state index contributed by atoms with van der Waals surface area (Å²) in [6.45, 7) is 0. The highest BCUT2D eigenvalue weighted by atomic mass is 79.9.